The molecule has 0 saturated heterocycles. The van der Waals surface area contributed by atoms with Crippen molar-refractivity contribution in [2.24, 2.45) is 0 Å². The SMILES string of the molecule is O=C(COC(=O)CCc1nc2ccccc2s1)Nc1ccccc1[N+](=O)[O-]. The molecule has 0 aliphatic heterocycles. The fourth-order valence-electron chi connectivity index (χ4n) is 2.38. The van der Waals surface area contributed by atoms with Gasteiger partial charge in [0.05, 0.1) is 26.6 Å². The van der Waals surface area contributed by atoms with Crippen molar-refractivity contribution in [3.8, 4) is 0 Å². The highest BCUT2D eigenvalue weighted by Crippen LogP contribution is 2.23. The Hall–Kier alpha value is -3.33. The Labute approximate surface area is 157 Å². The van der Waals surface area contributed by atoms with Gasteiger partial charge in [0, 0.05) is 12.5 Å². The minimum atomic E-state index is -0.641. The number of nitro benzene ring substituents is 1. The predicted molar refractivity (Wildman–Crippen MR) is 101 cm³/mol. The molecular formula is C18H15N3O5S. The second-order valence-corrected chi connectivity index (χ2v) is 6.67. The number of hydrogen-bond acceptors (Lipinski definition) is 7. The number of ether oxygens (including phenoxy) is 1. The topological polar surface area (TPSA) is 111 Å². The summed E-state index contributed by atoms with van der Waals surface area (Å²) in [5.74, 6) is -1.18. The second kappa shape index (κ2) is 8.37. The van der Waals surface area contributed by atoms with E-state index in [0.29, 0.717) is 6.42 Å². The van der Waals surface area contributed by atoms with E-state index in [1.807, 2.05) is 24.3 Å². The number of anilines is 1. The number of carbonyl (C=O) groups is 2. The van der Waals surface area contributed by atoms with Crippen molar-refractivity contribution in [2.75, 3.05) is 11.9 Å². The quantitative estimate of drug-likeness (QED) is 0.379. The highest BCUT2D eigenvalue weighted by atomic mass is 32.1. The number of aryl methyl sites for hydroxylation is 1. The molecule has 2 aromatic carbocycles. The number of rotatable bonds is 7. The van der Waals surface area contributed by atoms with E-state index >= 15 is 0 Å². The maximum absolute atomic E-state index is 11.9. The van der Waals surface area contributed by atoms with Crippen LogP contribution in [0.1, 0.15) is 11.4 Å². The van der Waals surface area contributed by atoms with Gasteiger partial charge in [-0.05, 0) is 18.2 Å². The second-order valence-electron chi connectivity index (χ2n) is 5.56. The summed E-state index contributed by atoms with van der Waals surface area (Å²) >= 11 is 1.51. The number of nitro groups is 1. The van der Waals surface area contributed by atoms with Gasteiger partial charge in [-0.15, -0.1) is 11.3 Å². The number of nitrogens with one attached hydrogen (secondary N) is 1. The van der Waals surface area contributed by atoms with Crippen LogP contribution in [-0.4, -0.2) is 28.4 Å². The molecule has 8 nitrogen and oxygen atoms in total. The van der Waals surface area contributed by atoms with Crippen LogP contribution in [0.5, 0.6) is 0 Å². The molecule has 138 valence electrons. The monoisotopic (exact) mass is 385 g/mol. The zero-order valence-corrected chi connectivity index (χ0v) is 14.9. The zero-order chi connectivity index (χ0) is 19.2. The summed E-state index contributed by atoms with van der Waals surface area (Å²) in [5, 5.41) is 14.1. The third-order valence-electron chi connectivity index (χ3n) is 3.62. The molecule has 1 N–H and O–H groups in total. The molecule has 0 bridgehead atoms. The van der Waals surface area contributed by atoms with Gasteiger partial charge in [0.25, 0.3) is 11.6 Å². The summed E-state index contributed by atoms with van der Waals surface area (Å²) in [7, 11) is 0. The maximum Gasteiger partial charge on any atom is 0.306 e. The first-order chi connectivity index (χ1) is 13.0. The molecule has 0 radical (unpaired) electrons. The van der Waals surface area contributed by atoms with Crippen LogP contribution in [0.25, 0.3) is 10.2 Å². The highest BCUT2D eigenvalue weighted by molar-refractivity contribution is 7.18. The summed E-state index contributed by atoms with van der Waals surface area (Å²) in [5.41, 5.74) is 0.709. The molecule has 27 heavy (non-hydrogen) atoms. The number of esters is 1. The fraction of sp³-hybridized carbons (Fsp3) is 0.167. The number of fused-ring (bicyclic) bond motifs is 1. The molecule has 0 unspecified atom stereocenters. The summed E-state index contributed by atoms with van der Waals surface area (Å²) in [6.07, 6.45) is 0.516. The van der Waals surface area contributed by atoms with Crippen molar-refractivity contribution in [3.63, 3.8) is 0 Å². The number of hydrogen-bond donors (Lipinski definition) is 1. The molecule has 0 aliphatic rings. The lowest BCUT2D eigenvalue weighted by Gasteiger charge is -2.06. The number of para-hydroxylation sites is 3. The van der Waals surface area contributed by atoms with Crippen LogP contribution in [0.15, 0.2) is 48.5 Å². The van der Waals surface area contributed by atoms with Gasteiger partial charge in [0.2, 0.25) is 0 Å². The van der Waals surface area contributed by atoms with Crippen molar-refractivity contribution in [2.45, 2.75) is 12.8 Å². The molecule has 9 heteroatoms. The first kappa shape index (κ1) is 18.5. The molecule has 3 aromatic rings. The molecular weight excluding hydrogens is 370 g/mol. The van der Waals surface area contributed by atoms with Crippen LogP contribution < -0.4 is 5.32 Å². The Kier molecular flexibility index (Phi) is 5.72. The van der Waals surface area contributed by atoms with Crippen molar-refractivity contribution in [1.82, 2.24) is 4.98 Å². The molecule has 0 spiro atoms. The summed E-state index contributed by atoms with van der Waals surface area (Å²) in [4.78, 5) is 38.4. The number of thiazole rings is 1. The average molecular weight is 385 g/mol. The van der Waals surface area contributed by atoms with Gasteiger partial charge in [-0.3, -0.25) is 19.7 Å². The van der Waals surface area contributed by atoms with E-state index in [1.54, 1.807) is 6.07 Å². The van der Waals surface area contributed by atoms with E-state index in [-0.39, 0.29) is 17.8 Å². The third kappa shape index (κ3) is 4.85. The lowest BCUT2D eigenvalue weighted by molar-refractivity contribution is -0.383. The van der Waals surface area contributed by atoms with E-state index in [2.05, 4.69) is 10.3 Å². The van der Waals surface area contributed by atoms with Gasteiger partial charge in [0.15, 0.2) is 6.61 Å². The minimum absolute atomic E-state index is 0.0537. The first-order valence-corrected chi connectivity index (χ1v) is 8.88. The van der Waals surface area contributed by atoms with E-state index in [0.717, 1.165) is 15.2 Å². The summed E-state index contributed by atoms with van der Waals surface area (Å²) < 4.78 is 5.97. The van der Waals surface area contributed by atoms with E-state index < -0.39 is 23.4 Å². The van der Waals surface area contributed by atoms with Crippen molar-refractivity contribution in [1.29, 1.82) is 0 Å². The highest BCUT2D eigenvalue weighted by Gasteiger charge is 2.16. The van der Waals surface area contributed by atoms with E-state index in [9.17, 15) is 19.7 Å². The Bertz CT molecular complexity index is 968. The predicted octanol–water partition coefficient (Wildman–Crippen LogP) is 3.32. The van der Waals surface area contributed by atoms with Gasteiger partial charge in [-0.1, -0.05) is 24.3 Å². The molecule has 1 heterocycles. The van der Waals surface area contributed by atoms with E-state index in [1.165, 1.54) is 29.5 Å². The number of nitrogens with zero attached hydrogens (tertiary/aromatic N) is 2. The van der Waals surface area contributed by atoms with Crippen LogP contribution in [0.4, 0.5) is 11.4 Å². The van der Waals surface area contributed by atoms with Crippen molar-refractivity contribution < 1.29 is 19.2 Å². The minimum Gasteiger partial charge on any atom is -0.456 e. The lowest BCUT2D eigenvalue weighted by Crippen LogP contribution is -2.21. The lowest BCUT2D eigenvalue weighted by atomic mass is 10.2. The Morgan fingerprint density at radius 3 is 2.67 bits per heavy atom. The molecule has 0 aliphatic carbocycles. The van der Waals surface area contributed by atoms with Crippen molar-refractivity contribution >= 4 is 44.8 Å². The average Bonchev–Trinajstić information content (AvgIpc) is 3.08. The van der Waals surface area contributed by atoms with Crippen LogP contribution in [0.2, 0.25) is 0 Å². The van der Waals surface area contributed by atoms with Gasteiger partial charge < -0.3 is 10.1 Å². The van der Waals surface area contributed by atoms with Gasteiger partial charge >= 0.3 is 5.97 Å². The third-order valence-corrected chi connectivity index (χ3v) is 4.72. The number of amides is 1. The number of carbonyl (C=O) groups excluding carboxylic acids is 2. The van der Waals surface area contributed by atoms with Gasteiger partial charge in [-0.2, -0.15) is 0 Å². The normalized spacial score (nSPS) is 10.5. The molecule has 1 aromatic heterocycles. The van der Waals surface area contributed by atoms with Gasteiger partial charge in [-0.25, -0.2) is 4.98 Å². The Balaban J connectivity index is 1.47. The number of benzene rings is 2. The largest absolute Gasteiger partial charge is 0.456 e. The van der Waals surface area contributed by atoms with E-state index in [4.69, 9.17) is 4.74 Å². The van der Waals surface area contributed by atoms with Crippen LogP contribution >= 0.6 is 11.3 Å². The molecule has 0 fully saturated rings. The summed E-state index contributed by atoms with van der Waals surface area (Å²) in [6, 6.07) is 13.4. The van der Waals surface area contributed by atoms with Crippen LogP contribution in [0, 0.1) is 10.1 Å². The first-order valence-electron chi connectivity index (χ1n) is 8.06. The fourth-order valence-corrected chi connectivity index (χ4v) is 3.35. The number of aromatic nitrogens is 1. The van der Waals surface area contributed by atoms with Crippen LogP contribution in [-0.2, 0) is 20.7 Å². The summed E-state index contributed by atoms with van der Waals surface area (Å²) in [6.45, 7) is -0.509. The smallest absolute Gasteiger partial charge is 0.306 e. The maximum atomic E-state index is 11.9. The standard InChI is InChI=1S/C18H15N3O5S/c22-16(19-12-5-1-3-7-14(12)21(24)25)11-26-18(23)10-9-17-20-13-6-2-4-8-15(13)27-17/h1-8H,9-11H2,(H,19,22). The molecule has 1 amide bonds. The Morgan fingerprint density at radius 2 is 1.89 bits per heavy atom. The van der Waals surface area contributed by atoms with Crippen molar-refractivity contribution in [3.05, 3.63) is 63.7 Å². The molecule has 0 saturated carbocycles. The van der Waals surface area contributed by atoms with Gasteiger partial charge in [0.1, 0.15) is 5.69 Å². The van der Waals surface area contributed by atoms with Crippen LogP contribution in [0.3, 0.4) is 0 Å². The zero-order valence-electron chi connectivity index (χ0n) is 14.1. The Morgan fingerprint density at radius 1 is 1.15 bits per heavy atom. The molecule has 3 rings (SSSR count). The molecule has 0 atom stereocenters.